The molecule has 194 valence electrons. The summed E-state index contributed by atoms with van der Waals surface area (Å²) in [6.07, 6.45) is 16.9. The number of hydrogen-bond acceptors (Lipinski definition) is 3. The van der Waals surface area contributed by atoms with Crippen molar-refractivity contribution in [3.05, 3.63) is 12.2 Å². The highest BCUT2D eigenvalue weighted by atomic mass is 16.5. The molecule has 0 amide bonds. The van der Waals surface area contributed by atoms with Crippen molar-refractivity contribution >= 4 is 0 Å². The van der Waals surface area contributed by atoms with Crippen LogP contribution in [-0.2, 0) is 4.74 Å². The maximum Gasteiger partial charge on any atom is 0.0802 e. The quantitative estimate of drug-likeness (QED) is 0.420. The topological polar surface area (TPSA) is 49.7 Å². The lowest BCUT2D eigenvalue weighted by atomic mass is 9.41. The van der Waals surface area contributed by atoms with Gasteiger partial charge in [0.2, 0.25) is 0 Å². The van der Waals surface area contributed by atoms with Crippen LogP contribution in [0.4, 0.5) is 0 Å². The largest absolute Gasteiger partial charge is 0.396 e. The van der Waals surface area contributed by atoms with E-state index in [1.807, 2.05) is 0 Å². The van der Waals surface area contributed by atoms with Crippen molar-refractivity contribution in [2.24, 2.45) is 50.7 Å². The predicted octanol–water partition coefficient (Wildman–Crippen LogP) is 6.77. The van der Waals surface area contributed by atoms with E-state index in [0.29, 0.717) is 33.5 Å². The fourth-order valence-electron chi connectivity index (χ4n) is 11.1. The van der Waals surface area contributed by atoms with Gasteiger partial charge in [0, 0.05) is 12.5 Å². The maximum absolute atomic E-state index is 10.9. The van der Waals surface area contributed by atoms with E-state index in [1.165, 1.54) is 51.4 Å². The van der Waals surface area contributed by atoms with Crippen LogP contribution in [0.5, 0.6) is 0 Å². The van der Waals surface area contributed by atoms with Crippen molar-refractivity contribution in [2.75, 3.05) is 13.7 Å². The van der Waals surface area contributed by atoms with Crippen LogP contribution >= 0.6 is 0 Å². The Labute approximate surface area is 209 Å². The zero-order valence-corrected chi connectivity index (χ0v) is 23.1. The van der Waals surface area contributed by atoms with Crippen molar-refractivity contribution in [2.45, 2.75) is 117 Å². The average Bonchev–Trinajstić information content (AvgIpc) is 3.38. The lowest BCUT2D eigenvalue weighted by Crippen LogP contribution is -2.59. The normalized spacial score (nSPS) is 53.1. The average molecular weight is 473 g/mol. The Kier molecular flexibility index (Phi) is 5.81. The number of fused-ring (bicyclic) bond motifs is 2. The molecule has 0 aromatic rings. The second kappa shape index (κ2) is 7.81. The lowest BCUT2D eigenvalue weighted by Gasteiger charge is -2.63. The molecular weight excluding hydrogens is 420 g/mol. The molecule has 34 heavy (non-hydrogen) atoms. The van der Waals surface area contributed by atoms with E-state index in [4.69, 9.17) is 4.74 Å². The molecule has 5 rings (SSSR count). The van der Waals surface area contributed by atoms with Gasteiger partial charge >= 0.3 is 0 Å². The Morgan fingerprint density at radius 3 is 2.29 bits per heavy atom. The molecule has 0 bridgehead atoms. The number of ether oxygens (including phenoxy) is 1. The molecule has 5 aliphatic rings. The fourth-order valence-corrected chi connectivity index (χ4v) is 11.1. The van der Waals surface area contributed by atoms with E-state index in [1.54, 1.807) is 7.11 Å². The smallest absolute Gasteiger partial charge is 0.0802 e. The third-order valence-corrected chi connectivity index (χ3v) is 13.5. The van der Waals surface area contributed by atoms with E-state index < -0.39 is 0 Å². The van der Waals surface area contributed by atoms with E-state index in [2.05, 4.69) is 53.7 Å². The summed E-state index contributed by atoms with van der Waals surface area (Å²) in [4.78, 5) is 0. The molecule has 0 aromatic carbocycles. The molecule has 0 aliphatic heterocycles. The highest BCUT2D eigenvalue weighted by Crippen LogP contribution is 2.89. The number of aliphatic hydroxyl groups excluding tert-OH is 2. The van der Waals surface area contributed by atoms with Crippen LogP contribution in [0, 0.1) is 50.7 Å². The van der Waals surface area contributed by atoms with Crippen molar-refractivity contribution < 1.29 is 14.9 Å². The van der Waals surface area contributed by atoms with Gasteiger partial charge in [0.05, 0.1) is 18.3 Å². The molecule has 5 aliphatic carbocycles. The van der Waals surface area contributed by atoms with Gasteiger partial charge in [-0.3, -0.25) is 0 Å². The zero-order chi connectivity index (χ0) is 24.8. The number of methoxy groups -OCH3 is 1. The molecule has 0 saturated heterocycles. The minimum absolute atomic E-state index is 0.142. The summed E-state index contributed by atoms with van der Waals surface area (Å²) in [6, 6.07) is 0. The fraction of sp³-hybridized carbons (Fsp3) is 0.935. The maximum atomic E-state index is 10.9. The first-order valence-corrected chi connectivity index (χ1v) is 14.4. The summed E-state index contributed by atoms with van der Waals surface area (Å²) >= 11 is 0. The summed E-state index contributed by atoms with van der Waals surface area (Å²) in [5.74, 6) is 2.84. The van der Waals surface area contributed by atoms with Crippen LogP contribution in [0.15, 0.2) is 12.2 Å². The lowest BCUT2D eigenvalue weighted by molar-refractivity contribution is -0.174. The van der Waals surface area contributed by atoms with Crippen molar-refractivity contribution in [3.8, 4) is 0 Å². The highest BCUT2D eigenvalue weighted by Gasteiger charge is 2.82. The molecule has 0 aromatic heterocycles. The third kappa shape index (κ3) is 3.05. The van der Waals surface area contributed by atoms with Crippen LogP contribution in [0.3, 0.4) is 0 Å². The number of aliphatic hydroxyl groups is 2. The van der Waals surface area contributed by atoms with Gasteiger partial charge < -0.3 is 14.9 Å². The van der Waals surface area contributed by atoms with E-state index in [0.717, 1.165) is 24.7 Å². The van der Waals surface area contributed by atoms with Crippen LogP contribution in [0.25, 0.3) is 0 Å². The van der Waals surface area contributed by atoms with Gasteiger partial charge in [-0.25, -0.2) is 0 Å². The standard InChI is InChI=1S/C31H52O3/c1-21(9-8-14-26(2,3)34-7)22-12-15-29(6)24-11-10-23-27(4,20-32)25(33)13-16-30(23)19-31(24,30)18-17-28(22,29)5/h8,14,21-25,32-33H,9-13,15-20H2,1-7H3/b14-8+/t21-,22-,23+,24+,25+,27+,28-,29+,30-,31+/m1/s1. The Morgan fingerprint density at radius 2 is 1.62 bits per heavy atom. The van der Waals surface area contributed by atoms with Crippen molar-refractivity contribution in [1.29, 1.82) is 0 Å². The zero-order valence-electron chi connectivity index (χ0n) is 23.1. The molecule has 5 saturated carbocycles. The summed E-state index contributed by atoms with van der Waals surface area (Å²) in [7, 11) is 1.80. The van der Waals surface area contributed by atoms with Crippen molar-refractivity contribution in [1.82, 2.24) is 0 Å². The number of rotatable bonds is 6. The molecule has 5 fully saturated rings. The van der Waals surface area contributed by atoms with E-state index in [9.17, 15) is 10.2 Å². The van der Waals surface area contributed by atoms with E-state index in [-0.39, 0.29) is 23.7 Å². The van der Waals surface area contributed by atoms with Crippen molar-refractivity contribution in [3.63, 3.8) is 0 Å². The van der Waals surface area contributed by atoms with Crippen LogP contribution in [0.2, 0.25) is 0 Å². The van der Waals surface area contributed by atoms with Gasteiger partial charge in [-0.2, -0.15) is 0 Å². The molecule has 3 heteroatoms. The van der Waals surface area contributed by atoms with Crippen LogP contribution in [0.1, 0.15) is 106 Å². The second-order valence-corrected chi connectivity index (χ2v) is 14.8. The first kappa shape index (κ1) is 25.3. The SMILES string of the molecule is COC(C)(C)/C=C/C[C@@H](C)[C@H]1CC[C@@]2(C)[C@@H]3CC[C@H]4[C@](C)(CO)[C@@H](O)CC[C@@]45C[C@@]35CC[C@]12C. The van der Waals surface area contributed by atoms with Gasteiger partial charge in [-0.05, 0) is 123 Å². The van der Waals surface area contributed by atoms with Crippen LogP contribution in [-0.4, -0.2) is 35.6 Å². The molecule has 2 N–H and O–H groups in total. The first-order valence-electron chi connectivity index (χ1n) is 14.4. The monoisotopic (exact) mass is 472 g/mol. The van der Waals surface area contributed by atoms with Gasteiger partial charge in [-0.1, -0.05) is 39.8 Å². The molecule has 2 spiro atoms. The number of allylic oxidation sites excluding steroid dienone is 1. The van der Waals surface area contributed by atoms with E-state index >= 15 is 0 Å². The predicted molar refractivity (Wildman–Crippen MR) is 138 cm³/mol. The Hall–Kier alpha value is -0.380. The Morgan fingerprint density at radius 1 is 0.941 bits per heavy atom. The summed E-state index contributed by atoms with van der Waals surface area (Å²) in [5, 5.41) is 21.3. The molecule has 10 atom stereocenters. The molecule has 3 nitrogen and oxygen atoms in total. The van der Waals surface area contributed by atoms with Gasteiger partial charge in [-0.15, -0.1) is 0 Å². The third-order valence-electron chi connectivity index (χ3n) is 13.5. The van der Waals surface area contributed by atoms with Gasteiger partial charge in [0.15, 0.2) is 0 Å². The highest BCUT2D eigenvalue weighted by molar-refractivity contribution is 5.30. The summed E-state index contributed by atoms with van der Waals surface area (Å²) < 4.78 is 5.60. The van der Waals surface area contributed by atoms with Gasteiger partial charge in [0.1, 0.15) is 0 Å². The minimum atomic E-state index is -0.334. The molecular formula is C31H52O3. The molecule has 0 heterocycles. The Balaban J connectivity index is 1.38. The first-order chi connectivity index (χ1) is 15.9. The molecule has 0 unspecified atom stereocenters. The molecule has 0 radical (unpaired) electrons. The van der Waals surface area contributed by atoms with Gasteiger partial charge in [0.25, 0.3) is 0 Å². The summed E-state index contributed by atoms with van der Waals surface area (Å²) in [5.41, 5.74) is 1.26. The second-order valence-electron chi connectivity index (χ2n) is 14.8. The Bertz CT molecular complexity index is 835. The minimum Gasteiger partial charge on any atom is -0.396 e. The summed E-state index contributed by atoms with van der Waals surface area (Å²) in [6.45, 7) is 14.5. The number of hydrogen-bond donors (Lipinski definition) is 2. The van der Waals surface area contributed by atoms with Crippen LogP contribution < -0.4 is 0 Å².